The fourth-order valence-corrected chi connectivity index (χ4v) is 3.19. The van der Waals surface area contributed by atoms with Crippen molar-refractivity contribution in [3.63, 3.8) is 0 Å². The van der Waals surface area contributed by atoms with E-state index < -0.39 is 5.92 Å². The molecule has 0 saturated carbocycles. The lowest BCUT2D eigenvalue weighted by Gasteiger charge is -2.14. The van der Waals surface area contributed by atoms with Gasteiger partial charge in [-0.15, -0.1) is 0 Å². The minimum atomic E-state index is -0.463. The molecule has 0 radical (unpaired) electrons. The summed E-state index contributed by atoms with van der Waals surface area (Å²) in [6.07, 6.45) is 0. The molecule has 0 aliphatic carbocycles. The topological polar surface area (TPSA) is 46.9 Å². The Bertz CT molecular complexity index is 1020. The van der Waals surface area contributed by atoms with Crippen molar-refractivity contribution >= 4 is 17.5 Å². The molecular formula is C23H25ClFN3O. The summed E-state index contributed by atoms with van der Waals surface area (Å²) in [6.45, 7) is 8.33. The van der Waals surface area contributed by atoms with Crippen LogP contribution >= 0.6 is 11.6 Å². The van der Waals surface area contributed by atoms with E-state index >= 15 is 0 Å². The molecule has 1 unspecified atom stereocenters. The molecule has 3 aromatic rings. The zero-order valence-corrected chi connectivity index (χ0v) is 17.8. The predicted octanol–water partition coefficient (Wildman–Crippen LogP) is 5.38. The van der Waals surface area contributed by atoms with Crippen LogP contribution in [0.4, 0.5) is 4.39 Å². The van der Waals surface area contributed by atoms with Gasteiger partial charge in [0.1, 0.15) is 5.82 Å². The van der Waals surface area contributed by atoms with E-state index in [9.17, 15) is 9.18 Å². The number of benzene rings is 2. The number of amides is 1. The van der Waals surface area contributed by atoms with Gasteiger partial charge in [-0.2, -0.15) is 5.10 Å². The standard InChI is InChI=1S/C23H25ClFN3O/c1-15(16-7-5-9-18(25)11-16)22(29)26-14-20-13-21(23(2,3)4)27-28(20)19-10-6-8-17(24)12-19/h5-13,15H,14H2,1-4H3,(H,26,29). The number of halogens is 2. The first-order valence-electron chi connectivity index (χ1n) is 9.53. The maximum Gasteiger partial charge on any atom is 0.227 e. The number of hydrogen-bond acceptors (Lipinski definition) is 2. The molecule has 0 aliphatic rings. The van der Waals surface area contributed by atoms with Gasteiger partial charge >= 0.3 is 0 Å². The first-order valence-corrected chi connectivity index (χ1v) is 9.91. The molecule has 1 heterocycles. The first-order chi connectivity index (χ1) is 13.6. The van der Waals surface area contributed by atoms with Gasteiger partial charge in [-0.1, -0.05) is 50.6 Å². The Hall–Kier alpha value is -2.66. The van der Waals surface area contributed by atoms with Crippen molar-refractivity contribution in [2.24, 2.45) is 0 Å². The molecule has 2 aromatic carbocycles. The molecule has 1 amide bonds. The number of rotatable bonds is 5. The van der Waals surface area contributed by atoms with Crippen LogP contribution in [0.1, 0.15) is 50.6 Å². The summed E-state index contributed by atoms with van der Waals surface area (Å²) in [5.74, 6) is -0.988. The fourth-order valence-electron chi connectivity index (χ4n) is 3.00. The van der Waals surface area contributed by atoms with Gasteiger partial charge in [-0.3, -0.25) is 4.79 Å². The Morgan fingerprint density at radius 3 is 2.55 bits per heavy atom. The minimum absolute atomic E-state index is 0.141. The summed E-state index contributed by atoms with van der Waals surface area (Å²) < 4.78 is 15.3. The maximum absolute atomic E-state index is 13.5. The molecule has 29 heavy (non-hydrogen) atoms. The summed E-state index contributed by atoms with van der Waals surface area (Å²) in [7, 11) is 0. The Labute approximate surface area is 175 Å². The van der Waals surface area contributed by atoms with Gasteiger partial charge in [0.25, 0.3) is 0 Å². The maximum atomic E-state index is 13.5. The van der Waals surface area contributed by atoms with Crippen molar-refractivity contribution in [2.45, 2.75) is 45.6 Å². The Kier molecular flexibility index (Phi) is 6.08. The highest BCUT2D eigenvalue weighted by atomic mass is 35.5. The van der Waals surface area contributed by atoms with Gasteiger partial charge in [0.15, 0.2) is 0 Å². The largest absolute Gasteiger partial charge is 0.350 e. The van der Waals surface area contributed by atoms with E-state index in [1.807, 2.05) is 24.3 Å². The Morgan fingerprint density at radius 1 is 1.17 bits per heavy atom. The zero-order valence-electron chi connectivity index (χ0n) is 17.0. The van der Waals surface area contributed by atoms with Gasteiger partial charge in [0.05, 0.1) is 29.5 Å². The zero-order chi connectivity index (χ0) is 21.2. The fraction of sp³-hybridized carbons (Fsp3) is 0.304. The summed E-state index contributed by atoms with van der Waals surface area (Å²) >= 11 is 6.15. The van der Waals surface area contributed by atoms with Crippen molar-refractivity contribution in [1.29, 1.82) is 0 Å². The van der Waals surface area contributed by atoms with Crippen molar-refractivity contribution < 1.29 is 9.18 Å². The number of carbonyl (C=O) groups is 1. The van der Waals surface area contributed by atoms with Crippen molar-refractivity contribution in [3.05, 3.63) is 82.4 Å². The van der Waals surface area contributed by atoms with E-state index in [2.05, 4.69) is 26.1 Å². The van der Waals surface area contributed by atoms with Crippen LogP contribution in [-0.2, 0) is 16.8 Å². The van der Waals surface area contributed by atoms with Crippen molar-refractivity contribution in [3.8, 4) is 5.69 Å². The number of carbonyl (C=O) groups excluding carboxylic acids is 1. The molecule has 0 bridgehead atoms. The van der Waals surface area contributed by atoms with E-state index in [1.54, 1.807) is 29.8 Å². The molecule has 1 aromatic heterocycles. The molecule has 0 fully saturated rings. The van der Waals surface area contributed by atoms with Crippen LogP contribution in [0.5, 0.6) is 0 Å². The highest BCUT2D eigenvalue weighted by Crippen LogP contribution is 2.25. The smallest absolute Gasteiger partial charge is 0.227 e. The molecular weight excluding hydrogens is 389 g/mol. The third-order valence-corrected chi connectivity index (χ3v) is 5.03. The second kappa shape index (κ2) is 8.37. The van der Waals surface area contributed by atoms with Gasteiger partial charge in [0.2, 0.25) is 5.91 Å². The van der Waals surface area contributed by atoms with Crippen LogP contribution in [0.3, 0.4) is 0 Å². The lowest BCUT2D eigenvalue weighted by atomic mass is 9.92. The van der Waals surface area contributed by atoms with E-state index in [0.29, 0.717) is 17.1 Å². The van der Waals surface area contributed by atoms with Crippen LogP contribution in [0.15, 0.2) is 54.6 Å². The van der Waals surface area contributed by atoms with Gasteiger partial charge in [-0.25, -0.2) is 9.07 Å². The van der Waals surface area contributed by atoms with E-state index in [1.165, 1.54) is 12.1 Å². The second-order valence-corrected chi connectivity index (χ2v) is 8.59. The summed E-state index contributed by atoms with van der Waals surface area (Å²) in [4.78, 5) is 12.6. The normalized spacial score (nSPS) is 12.6. The third-order valence-electron chi connectivity index (χ3n) is 4.79. The quantitative estimate of drug-likeness (QED) is 0.610. The molecule has 152 valence electrons. The number of aromatic nitrogens is 2. The summed E-state index contributed by atoms with van der Waals surface area (Å²) in [5, 5.41) is 8.31. The van der Waals surface area contributed by atoms with Crippen molar-refractivity contribution in [2.75, 3.05) is 0 Å². The molecule has 4 nitrogen and oxygen atoms in total. The molecule has 0 saturated heterocycles. The highest BCUT2D eigenvalue weighted by Gasteiger charge is 2.22. The average Bonchev–Trinajstić information content (AvgIpc) is 3.10. The van der Waals surface area contributed by atoms with Crippen LogP contribution in [0, 0.1) is 5.82 Å². The monoisotopic (exact) mass is 413 g/mol. The van der Waals surface area contributed by atoms with Crippen LogP contribution in [-0.4, -0.2) is 15.7 Å². The highest BCUT2D eigenvalue weighted by molar-refractivity contribution is 6.30. The third kappa shape index (κ3) is 5.04. The molecule has 1 atom stereocenters. The molecule has 6 heteroatoms. The molecule has 0 spiro atoms. The molecule has 3 rings (SSSR count). The minimum Gasteiger partial charge on any atom is -0.350 e. The van der Waals surface area contributed by atoms with Crippen LogP contribution < -0.4 is 5.32 Å². The lowest BCUT2D eigenvalue weighted by molar-refractivity contribution is -0.122. The van der Waals surface area contributed by atoms with E-state index in [4.69, 9.17) is 16.7 Å². The first kappa shape index (κ1) is 21.1. The molecule has 0 aliphatic heterocycles. The average molecular weight is 414 g/mol. The number of nitrogens with zero attached hydrogens (tertiary/aromatic N) is 2. The Balaban J connectivity index is 1.84. The Morgan fingerprint density at radius 2 is 1.90 bits per heavy atom. The van der Waals surface area contributed by atoms with Crippen LogP contribution in [0.25, 0.3) is 5.69 Å². The predicted molar refractivity (Wildman–Crippen MR) is 114 cm³/mol. The molecule has 1 N–H and O–H groups in total. The number of nitrogens with one attached hydrogen (secondary N) is 1. The van der Waals surface area contributed by atoms with Gasteiger partial charge in [-0.05, 0) is 48.9 Å². The summed E-state index contributed by atoms with van der Waals surface area (Å²) in [5.41, 5.74) is 3.09. The second-order valence-electron chi connectivity index (χ2n) is 8.16. The SMILES string of the molecule is CC(C(=O)NCc1cc(C(C)(C)C)nn1-c1cccc(Cl)c1)c1cccc(F)c1. The van der Waals surface area contributed by atoms with Crippen LogP contribution in [0.2, 0.25) is 5.02 Å². The van der Waals surface area contributed by atoms with E-state index in [-0.39, 0.29) is 17.1 Å². The van der Waals surface area contributed by atoms with Gasteiger partial charge in [0, 0.05) is 10.4 Å². The van der Waals surface area contributed by atoms with Gasteiger partial charge < -0.3 is 5.32 Å². The number of hydrogen-bond donors (Lipinski definition) is 1. The summed E-state index contributed by atoms with van der Waals surface area (Å²) in [6, 6.07) is 15.5. The lowest BCUT2D eigenvalue weighted by Crippen LogP contribution is -2.28. The van der Waals surface area contributed by atoms with Crippen molar-refractivity contribution in [1.82, 2.24) is 15.1 Å². The van der Waals surface area contributed by atoms with E-state index in [0.717, 1.165) is 17.1 Å².